The molecule has 2 aliphatic rings. The van der Waals surface area contributed by atoms with Crippen molar-refractivity contribution in [2.45, 2.75) is 38.5 Å². The molecule has 0 amide bonds. The van der Waals surface area contributed by atoms with Gasteiger partial charge in [-0.15, -0.1) is 0 Å². The van der Waals surface area contributed by atoms with Crippen LogP contribution in [0.3, 0.4) is 0 Å². The number of ketones is 1. The lowest BCUT2D eigenvalue weighted by molar-refractivity contribution is -0.146. The highest BCUT2D eigenvalue weighted by atomic mass is 19.1. The average Bonchev–Trinajstić information content (AvgIpc) is 2.73. The van der Waals surface area contributed by atoms with Gasteiger partial charge in [-0.3, -0.25) is 14.6 Å². The van der Waals surface area contributed by atoms with Crippen molar-refractivity contribution in [3.05, 3.63) is 82.8 Å². The van der Waals surface area contributed by atoms with Gasteiger partial charge in [0.05, 0.1) is 6.61 Å². The number of carbonyl (C=O) groups excluding carboxylic acids is 2. The molecule has 0 fully saturated rings. The molecule has 1 aliphatic carbocycles. The molecule has 0 bridgehead atoms. The SMILES string of the molecule is CCOC(=O)C1C(C)=NC2=C(C(=O)C[C@@H](c3ccccc3)C2)[C@@H]1c1cccc(F)c1. The van der Waals surface area contributed by atoms with Crippen LogP contribution in [0.4, 0.5) is 4.39 Å². The Morgan fingerprint density at radius 1 is 1.10 bits per heavy atom. The van der Waals surface area contributed by atoms with Crippen LogP contribution in [0.5, 0.6) is 0 Å². The van der Waals surface area contributed by atoms with E-state index in [9.17, 15) is 14.0 Å². The fourth-order valence-electron chi connectivity index (χ4n) is 4.62. The Hall–Kier alpha value is -3.08. The topological polar surface area (TPSA) is 55.7 Å². The van der Waals surface area contributed by atoms with Crippen molar-refractivity contribution in [3.63, 3.8) is 0 Å². The summed E-state index contributed by atoms with van der Waals surface area (Å²) in [6.07, 6.45) is 0.961. The summed E-state index contributed by atoms with van der Waals surface area (Å²) < 4.78 is 19.3. The van der Waals surface area contributed by atoms with E-state index in [1.54, 1.807) is 26.0 Å². The van der Waals surface area contributed by atoms with Crippen LogP contribution in [-0.4, -0.2) is 24.1 Å². The maximum absolute atomic E-state index is 14.1. The summed E-state index contributed by atoms with van der Waals surface area (Å²) in [4.78, 5) is 30.8. The first-order valence-corrected chi connectivity index (χ1v) is 10.3. The number of benzene rings is 2. The van der Waals surface area contributed by atoms with Crippen LogP contribution in [0.25, 0.3) is 0 Å². The summed E-state index contributed by atoms with van der Waals surface area (Å²) in [5.41, 5.74) is 3.52. The highest BCUT2D eigenvalue weighted by Gasteiger charge is 2.44. The fraction of sp³-hybridized carbons (Fsp3) is 0.320. The van der Waals surface area contributed by atoms with Gasteiger partial charge >= 0.3 is 5.97 Å². The van der Waals surface area contributed by atoms with Crippen molar-refractivity contribution >= 4 is 17.5 Å². The van der Waals surface area contributed by atoms with E-state index >= 15 is 0 Å². The predicted molar refractivity (Wildman–Crippen MR) is 113 cm³/mol. The number of esters is 1. The number of hydrogen-bond donors (Lipinski definition) is 0. The smallest absolute Gasteiger partial charge is 0.315 e. The molecule has 1 unspecified atom stereocenters. The molecular formula is C25H24FNO3. The summed E-state index contributed by atoms with van der Waals surface area (Å²) in [6.45, 7) is 3.76. The molecule has 0 radical (unpaired) electrons. The molecule has 4 nitrogen and oxygen atoms in total. The van der Waals surface area contributed by atoms with Crippen molar-refractivity contribution in [2.75, 3.05) is 6.61 Å². The maximum Gasteiger partial charge on any atom is 0.315 e. The van der Waals surface area contributed by atoms with Gasteiger partial charge < -0.3 is 4.74 Å². The summed E-state index contributed by atoms with van der Waals surface area (Å²) in [6, 6.07) is 16.0. The van der Waals surface area contributed by atoms with Crippen molar-refractivity contribution in [3.8, 4) is 0 Å². The second kappa shape index (κ2) is 8.34. The van der Waals surface area contributed by atoms with Crippen LogP contribution in [0.15, 0.2) is 70.9 Å². The van der Waals surface area contributed by atoms with Gasteiger partial charge in [0, 0.05) is 29.3 Å². The molecule has 30 heavy (non-hydrogen) atoms. The highest BCUT2D eigenvalue weighted by molar-refractivity contribution is 6.09. The molecule has 2 aromatic rings. The third-order valence-electron chi connectivity index (χ3n) is 5.91. The second-order valence-electron chi connectivity index (χ2n) is 7.81. The third kappa shape index (κ3) is 3.72. The Kier molecular flexibility index (Phi) is 5.62. The number of aliphatic imine (C=N–C) groups is 1. The zero-order valence-corrected chi connectivity index (χ0v) is 17.1. The van der Waals surface area contributed by atoms with Crippen LogP contribution in [0.1, 0.15) is 49.7 Å². The second-order valence-corrected chi connectivity index (χ2v) is 7.81. The van der Waals surface area contributed by atoms with Crippen LogP contribution in [0, 0.1) is 11.7 Å². The summed E-state index contributed by atoms with van der Waals surface area (Å²) in [5.74, 6) is -2.15. The monoisotopic (exact) mass is 405 g/mol. The minimum atomic E-state index is -0.734. The Bertz CT molecular complexity index is 1040. The van der Waals surface area contributed by atoms with E-state index < -0.39 is 23.6 Å². The first kappa shape index (κ1) is 20.2. The Morgan fingerprint density at radius 2 is 1.83 bits per heavy atom. The largest absolute Gasteiger partial charge is 0.465 e. The predicted octanol–water partition coefficient (Wildman–Crippen LogP) is 4.96. The van der Waals surface area contributed by atoms with Crippen LogP contribution >= 0.6 is 0 Å². The van der Waals surface area contributed by atoms with E-state index in [4.69, 9.17) is 9.73 Å². The molecule has 4 rings (SSSR count). The molecule has 2 aromatic carbocycles. The van der Waals surface area contributed by atoms with Crippen LogP contribution < -0.4 is 0 Å². The summed E-state index contributed by atoms with van der Waals surface area (Å²) in [7, 11) is 0. The fourth-order valence-corrected chi connectivity index (χ4v) is 4.62. The number of rotatable bonds is 4. The zero-order valence-electron chi connectivity index (χ0n) is 17.1. The highest BCUT2D eigenvalue weighted by Crippen LogP contribution is 2.46. The van der Waals surface area contributed by atoms with Crippen molar-refractivity contribution in [1.29, 1.82) is 0 Å². The van der Waals surface area contributed by atoms with Crippen molar-refractivity contribution < 1.29 is 18.7 Å². The van der Waals surface area contributed by atoms with E-state index in [1.165, 1.54) is 12.1 Å². The van der Waals surface area contributed by atoms with Crippen LogP contribution in [0.2, 0.25) is 0 Å². The zero-order chi connectivity index (χ0) is 21.3. The van der Waals surface area contributed by atoms with Crippen molar-refractivity contribution in [2.24, 2.45) is 10.9 Å². The molecule has 1 aliphatic heterocycles. The van der Waals surface area contributed by atoms with E-state index in [-0.39, 0.29) is 18.3 Å². The van der Waals surface area contributed by atoms with Crippen molar-refractivity contribution in [1.82, 2.24) is 0 Å². The van der Waals surface area contributed by atoms with Gasteiger partial charge in [0.15, 0.2) is 5.78 Å². The Morgan fingerprint density at radius 3 is 2.53 bits per heavy atom. The van der Waals surface area contributed by atoms with Gasteiger partial charge in [-0.05, 0) is 49.4 Å². The molecule has 5 heteroatoms. The van der Waals surface area contributed by atoms with Gasteiger partial charge in [-0.1, -0.05) is 42.5 Å². The molecule has 0 aromatic heterocycles. The standard InChI is InChI=1S/C25H24FNO3/c1-3-30-25(29)22-15(2)27-20-13-18(16-8-5-4-6-9-16)14-21(28)24(20)23(22)17-10-7-11-19(26)12-17/h4-12,18,22-23H,3,13-14H2,1-2H3/t18-,22?,23+/m0/s1. The number of hydrogen-bond acceptors (Lipinski definition) is 4. The first-order valence-electron chi connectivity index (χ1n) is 10.3. The number of ether oxygens (including phenoxy) is 1. The first-order chi connectivity index (χ1) is 14.5. The number of carbonyl (C=O) groups is 2. The minimum Gasteiger partial charge on any atom is -0.465 e. The molecule has 154 valence electrons. The number of nitrogens with zero attached hydrogens (tertiary/aromatic N) is 1. The molecule has 0 saturated carbocycles. The molecule has 3 atom stereocenters. The van der Waals surface area contributed by atoms with E-state index in [2.05, 4.69) is 0 Å². The lowest BCUT2D eigenvalue weighted by Crippen LogP contribution is -2.38. The van der Waals surface area contributed by atoms with Crippen LogP contribution in [-0.2, 0) is 14.3 Å². The normalized spacial score (nSPS) is 23.6. The van der Waals surface area contributed by atoms with Gasteiger partial charge in [0.2, 0.25) is 0 Å². The van der Waals surface area contributed by atoms with Gasteiger partial charge in [0.1, 0.15) is 11.7 Å². The summed E-state index contributed by atoms with van der Waals surface area (Å²) in [5, 5.41) is 0. The van der Waals surface area contributed by atoms with Gasteiger partial charge in [0.25, 0.3) is 0 Å². The van der Waals surface area contributed by atoms with E-state index in [0.29, 0.717) is 35.4 Å². The lowest BCUT2D eigenvalue weighted by atomic mass is 9.69. The molecule has 0 spiro atoms. The molecular weight excluding hydrogens is 381 g/mol. The number of halogens is 1. The Balaban J connectivity index is 1.81. The minimum absolute atomic E-state index is 0.0371. The van der Waals surface area contributed by atoms with Gasteiger partial charge in [-0.2, -0.15) is 0 Å². The van der Waals surface area contributed by atoms with E-state index in [1.807, 2.05) is 30.3 Å². The molecule has 0 saturated heterocycles. The third-order valence-corrected chi connectivity index (χ3v) is 5.91. The average molecular weight is 405 g/mol. The van der Waals surface area contributed by atoms with E-state index in [0.717, 1.165) is 5.56 Å². The summed E-state index contributed by atoms with van der Waals surface area (Å²) >= 11 is 0. The maximum atomic E-state index is 14.1. The Labute approximate surface area is 175 Å². The molecule has 0 N–H and O–H groups in total. The molecule has 1 heterocycles. The number of Topliss-reactive ketones (excluding diaryl/α,β-unsaturated/α-hetero) is 1. The quantitative estimate of drug-likeness (QED) is 0.676. The lowest BCUT2D eigenvalue weighted by Gasteiger charge is -2.36. The van der Waals surface area contributed by atoms with Gasteiger partial charge in [-0.25, -0.2) is 4.39 Å². The number of allylic oxidation sites excluding steroid dienone is 2.